The largest absolute Gasteiger partial charge is 0.497 e. The minimum absolute atomic E-state index is 0.286. The normalized spacial score (nSPS) is 10.5. The monoisotopic (exact) mass is 286 g/mol. The van der Waals surface area contributed by atoms with Gasteiger partial charge in [0, 0.05) is 5.69 Å². The molecule has 2 rings (SSSR count). The zero-order valence-electron chi connectivity index (χ0n) is 10.6. The molecule has 106 valence electrons. The molecule has 0 aliphatic rings. The van der Waals surface area contributed by atoms with Crippen LogP contribution in [0.2, 0.25) is 0 Å². The Kier molecular flexibility index (Phi) is 3.78. The summed E-state index contributed by atoms with van der Waals surface area (Å²) in [5, 5.41) is 2.32. The van der Waals surface area contributed by atoms with Gasteiger partial charge in [0.05, 0.1) is 7.11 Å². The standard InChI is InChI=1S/C13H10F4N2O/c1-6-5-7(20-2)3-4-8(6)18-11-9(14)12(16)19-13(17)10(11)15/h3-5H,1-2H3,(H,18,19). The molecule has 0 amide bonds. The van der Waals surface area contributed by atoms with E-state index in [2.05, 4.69) is 10.3 Å². The van der Waals surface area contributed by atoms with E-state index in [1.165, 1.54) is 13.2 Å². The fourth-order valence-electron chi connectivity index (χ4n) is 1.63. The molecular formula is C13H10F4N2O. The number of methoxy groups -OCH3 is 1. The number of nitrogens with zero attached hydrogens (tertiary/aromatic N) is 1. The second-order valence-corrected chi connectivity index (χ2v) is 4.00. The van der Waals surface area contributed by atoms with E-state index in [-0.39, 0.29) is 5.69 Å². The maximum absolute atomic E-state index is 13.5. The van der Waals surface area contributed by atoms with Crippen LogP contribution in [-0.2, 0) is 0 Å². The van der Waals surface area contributed by atoms with E-state index < -0.39 is 29.2 Å². The molecule has 2 aromatic rings. The van der Waals surface area contributed by atoms with Crippen molar-refractivity contribution in [1.29, 1.82) is 0 Å². The molecule has 0 spiro atoms. The van der Waals surface area contributed by atoms with Crippen molar-refractivity contribution < 1.29 is 22.3 Å². The molecule has 0 saturated carbocycles. The average molecular weight is 286 g/mol. The van der Waals surface area contributed by atoms with Crippen molar-refractivity contribution in [3.05, 3.63) is 47.3 Å². The number of ether oxygens (including phenoxy) is 1. The summed E-state index contributed by atoms with van der Waals surface area (Å²) in [6, 6.07) is 4.62. The first kappa shape index (κ1) is 14.1. The molecule has 0 radical (unpaired) electrons. The summed E-state index contributed by atoms with van der Waals surface area (Å²) in [7, 11) is 1.47. The van der Waals surface area contributed by atoms with E-state index in [9.17, 15) is 17.6 Å². The predicted molar refractivity (Wildman–Crippen MR) is 65.1 cm³/mol. The van der Waals surface area contributed by atoms with Gasteiger partial charge in [0.2, 0.25) is 11.6 Å². The molecule has 0 unspecified atom stereocenters. The number of anilines is 2. The van der Waals surface area contributed by atoms with Crippen LogP contribution in [0.3, 0.4) is 0 Å². The van der Waals surface area contributed by atoms with Gasteiger partial charge in [-0.05, 0) is 30.7 Å². The Labute approximate surface area is 112 Å². The highest BCUT2D eigenvalue weighted by molar-refractivity contribution is 5.64. The summed E-state index contributed by atoms with van der Waals surface area (Å²) < 4.78 is 57.9. The van der Waals surface area contributed by atoms with Crippen LogP contribution in [0.4, 0.5) is 28.9 Å². The third-order valence-electron chi connectivity index (χ3n) is 2.69. The zero-order valence-corrected chi connectivity index (χ0v) is 10.6. The van der Waals surface area contributed by atoms with E-state index in [0.717, 1.165) is 0 Å². The Balaban J connectivity index is 2.45. The Hall–Kier alpha value is -2.31. The second-order valence-electron chi connectivity index (χ2n) is 4.00. The van der Waals surface area contributed by atoms with Gasteiger partial charge >= 0.3 is 0 Å². The molecule has 0 bridgehead atoms. The molecule has 0 atom stereocenters. The predicted octanol–water partition coefficient (Wildman–Crippen LogP) is 3.70. The maximum atomic E-state index is 13.5. The van der Waals surface area contributed by atoms with E-state index in [1.807, 2.05) is 0 Å². The maximum Gasteiger partial charge on any atom is 0.253 e. The summed E-state index contributed by atoms with van der Waals surface area (Å²) >= 11 is 0. The SMILES string of the molecule is COc1ccc(Nc2c(F)c(F)nc(F)c2F)c(C)c1. The summed E-state index contributed by atoms with van der Waals surface area (Å²) in [6.45, 7) is 1.65. The molecule has 1 aromatic carbocycles. The van der Waals surface area contributed by atoms with Gasteiger partial charge in [-0.3, -0.25) is 0 Å². The van der Waals surface area contributed by atoms with Crippen LogP contribution in [0.25, 0.3) is 0 Å². The van der Waals surface area contributed by atoms with Crippen molar-refractivity contribution in [1.82, 2.24) is 4.98 Å². The molecule has 0 saturated heterocycles. The number of nitrogens with one attached hydrogen (secondary N) is 1. The van der Waals surface area contributed by atoms with Crippen molar-refractivity contribution in [3.8, 4) is 5.75 Å². The fourth-order valence-corrected chi connectivity index (χ4v) is 1.63. The molecule has 20 heavy (non-hydrogen) atoms. The third kappa shape index (κ3) is 2.52. The van der Waals surface area contributed by atoms with Crippen molar-refractivity contribution in [2.24, 2.45) is 0 Å². The highest BCUT2D eigenvalue weighted by Gasteiger charge is 2.21. The quantitative estimate of drug-likeness (QED) is 0.690. The molecule has 7 heteroatoms. The Morgan fingerprint density at radius 1 is 1.05 bits per heavy atom. The van der Waals surface area contributed by atoms with Gasteiger partial charge in [0.25, 0.3) is 11.9 Å². The molecular weight excluding hydrogens is 276 g/mol. The van der Waals surface area contributed by atoms with Gasteiger partial charge in [-0.2, -0.15) is 22.5 Å². The summed E-state index contributed by atoms with van der Waals surface area (Å²) in [5.74, 6) is -6.05. The number of hydrogen-bond acceptors (Lipinski definition) is 3. The molecule has 1 aromatic heterocycles. The highest BCUT2D eigenvalue weighted by Crippen LogP contribution is 2.29. The first-order chi connectivity index (χ1) is 9.43. The summed E-state index contributed by atoms with van der Waals surface area (Å²) in [4.78, 5) is 2.48. The van der Waals surface area contributed by atoms with E-state index in [1.54, 1.807) is 19.1 Å². The van der Waals surface area contributed by atoms with Gasteiger partial charge < -0.3 is 10.1 Å². The molecule has 1 heterocycles. The number of hydrogen-bond donors (Lipinski definition) is 1. The lowest BCUT2D eigenvalue weighted by Crippen LogP contribution is -2.06. The molecule has 0 fully saturated rings. The number of rotatable bonds is 3. The molecule has 0 aliphatic heterocycles. The number of aromatic nitrogens is 1. The van der Waals surface area contributed by atoms with Crippen LogP contribution in [0.1, 0.15) is 5.56 Å². The topological polar surface area (TPSA) is 34.1 Å². The Morgan fingerprint density at radius 2 is 1.65 bits per heavy atom. The van der Waals surface area contributed by atoms with Crippen LogP contribution in [0.5, 0.6) is 5.75 Å². The van der Waals surface area contributed by atoms with Gasteiger partial charge in [-0.1, -0.05) is 0 Å². The van der Waals surface area contributed by atoms with Crippen molar-refractivity contribution in [3.63, 3.8) is 0 Å². The molecule has 1 N–H and O–H groups in total. The van der Waals surface area contributed by atoms with Gasteiger partial charge in [-0.15, -0.1) is 0 Å². The van der Waals surface area contributed by atoms with Crippen molar-refractivity contribution >= 4 is 11.4 Å². The van der Waals surface area contributed by atoms with Gasteiger partial charge in [0.15, 0.2) is 0 Å². The fraction of sp³-hybridized carbons (Fsp3) is 0.154. The number of pyridine rings is 1. The molecule has 0 aliphatic carbocycles. The Bertz CT molecular complexity index is 635. The van der Waals surface area contributed by atoms with Gasteiger partial charge in [0.1, 0.15) is 11.4 Å². The van der Waals surface area contributed by atoms with E-state index in [4.69, 9.17) is 4.74 Å². The van der Waals surface area contributed by atoms with Crippen LogP contribution < -0.4 is 10.1 Å². The second kappa shape index (κ2) is 5.36. The lowest BCUT2D eigenvalue weighted by molar-refractivity contribution is 0.411. The third-order valence-corrected chi connectivity index (χ3v) is 2.69. The number of halogens is 4. The zero-order chi connectivity index (χ0) is 14.9. The van der Waals surface area contributed by atoms with Crippen LogP contribution in [-0.4, -0.2) is 12.1 Å². The number of benzene rings is 1. The minimum Gasteiger partial charge on any atom is -0.497 e. The van der Waals surface area contributed by atoms with Gasteiger partial charge in [-0.25, -0.2) is 0 Å². The Morgan fingerprint density at radius 3 is 2.15 bits per heavy atom. The van der Waals surface area contributed by atoms with E-state index >= 15 is 0 Å². The summed E-state index contributed by atoms with van der Waals surface area (Å²) in [6.07, 6.45) is 0. The number of aryl methyl sites for hydroxylation is 1. The first-order valence-corrected chi connectivity index (χ1v) is 5.55. The van der Waals surface area contributed by atoms with Crippen molar-refractivity contribution in [2.75, 3.05) is 12.4 Å². The van der Waals surface area contributed by atoms with Crippen molar-refractivity contribution in [2.45, 2.75) is 6.92 Å². The lowest BCUT2D eigenvalue weighted by atomic mass is 10.2. The summed E-state index contributed by atoms with van der Waals surface area (Å²) in [5.41, 5.74) is -0.0577. The smallest absolute Gasteiger partial charge is 0.253 e. The van der Waals surface area contributed by atoms with E-state index in [0.29, 0.717) is 11.3 Å². The van der Waals surface area contributed by atoms with Crippen LogP contribution in [0.15, 0.2) is 18.2 Å². The average Bonchev–Trinajstić information content (AvgIpc) is 2.42. The lowest BCUT2D eigenvalue weighted by Gasteiger charge is -2.12. The minimum atomic E-state index is -1.71. The van der Waals surface area contributed by atoms with Crippen LogP contribution in [0, 0.1) is 30.5 Å². The first-order valence-electron chi connectivity index (χ1n) is 5.55. The van der Waals surface area contributed by atoms with Crippen LogP contribution >= 0.6 is 0 Å². The highest BCUT2D eigenvalue weighted by atomic mass is 19.2. The molecule has 3 nitrogen and oxygen atoms in total.